The SMILES string of the molecule is CC.COC.CS(C)(=O)=O.c1ccccc1. The fourth-order valence-electron chi connectivity index (χ4n) is 0.385. The van der Waals surface area contributed by atoms with E-state index in [2.05, 4.69) is 4.74 Å². The second-order valence-corrected chi connectivity index (χ2v) is 4.99. The maximum absolute atomic E-state index is 9.63. The Morgan fingerprint density at radius 1 is 0.750 bits per heavy atom. The summed E-state index contributed by atoms with van der Waals surface area (Å²) in [4.78, 5) is 0. The molecule has 0 saturated heterocycles. The lowest BCUT2D eigenvalue weighted by Gasteiger charge is -1.69. The molecule has 0 saturated carbocycles. The van der Waals surface area contributed by atoms with E-state index >= 15 is 0 Å². The molecule has 0 unspecified atom stereocenters. The standard InChI is InChI=1S/C6H6.C2H6O2S.C2H6O.C2H6/c1-2-4-6-5-3-1;1-5(2,3)4;1-3-2;1-2/h1-6H;1-2H3;1-2H3;1-2H3. The summed E-state index contributed by atoms with van der Waals surface area (Å²) in [6.45, 7) is 4.00. The second-order valence-electron chi connectivity index (χ2n) is 2.71. The molecular weight excluding hydrogens is 224 g/mol. The molecule has 0 fully saturated rings. The van der Waals surface area contributed by atoms with Gasteiger partial charge in [-0.05, 0) is 0 Å². The van der Waals surface area contributed by atoms with Crippen molar-refractivity contribution in [2.75, 3.05) is 26.7 Å². The van der Waals surface area contributed by atoms with Crippen molar-refractivity contribution >= 4 is 9.84 Å². The molecule has 1 aromatic carbocycles. The average Bonchev–Trinajstić information content (AvgIpc) is 2.22. The van der Waals surface area contributed by atoms with E-state index in [1.807, 2.05) is 50.2 Å². The summed E-state index contributed by atoms with van der Waals surface area (Å²) in [5.41, 5.74) is 0. The van der Waals surface area contributed by atoms with E-state index in [9.17, 15) is 8.42 Å². The fourth-order valence-corrected chi connectivity index (χ4v) is 0.385. The third kappa shape index (κ3) is 73.4. The van der Waals surface area contributed by atoms with E-state index in [1.54, 1.807) is 14.2 Å². The Balaban J connectivity index is -0.000000155. The zero-order valence-corrected chi connectivity index (χ0v) is 11.9. The molecule has 0 bridgehead atoms. The van der Waals surface area contributed by atoms with Crippen LogP contribution in [0.5, 0.6) is 0 Å². The zero-order chi connectivity index (χ0) is 13.4. The van der Waals surface area contributed by atoms with Crippen molar-refractivity contribution in [1.82, 2.24) is 0 Å². The Hall–Kier alpha value is -0.870. The summed E-state index contributed by atoms with van der Waals surface area (Å²) in [6.07, 6.45) is 2.32. The summed E-state index contributed by atoms with van der Waals surface area (Å²) < 4.78 is 23.5. The van der Waals surface area contributed by atoms with Crippen LogP contribution in [0.25, 0.3) is 0 Å². The highest BCUT2D eigenvalue weighted by molar-refractivity contribution is 7.89. The lowest BCUT2D eigenvalue weighted by Crippen LogP contribution is -1.86. The minimum absolute atomic E-state index is 1.16. The van der Waals surface area contributed by atoms with Crippen LogP contribution in [-0.2, 0) is 14.6 Å². The number of benzene rings is 1. The quantitative estimate of drug-likeness (QED) is 0.709. The van der Waals surface area contributed by atoms with Gasteiger partial charge in [0, 0.05) is 26.7 Å². The van der Waals surface area contributed by atoms with Gasteiger partial charge in [0.1, 0.15) is 9.84 Å². The first kappa shape index (κ1) is 20.5. The molecule has 0 atom stereocenters. The molecule has 0 N–H and O–H groups in total. The molecular formula is C12H24O3S. The van der Waals surface area contributed by atoms with Crippen LogP contribution >= 0.6 is 0 Å². The van der Waals surface area contributed by atoms with E-state index in [-0.39, 0.29) is 0 Å². The summed E-state index contributed by atoms with van der Waals surface area (Å²) in [5, 5.41) is 0. The molecule has 0 spiro atoms. The Kier molecular flexibility index (Phi) is 21.2. The van der Waals surface area contributed by atoms with E-state index in [0.29, 0.717) is 0 Å². The van der Waals surface area contributed by atoms with Gasteiger partial charge in [0.05, 0.1) is 0 Å². The van der Waals surface area contributed by atoms with Gasteiger partial charge in [0.15, 0.2) is 0 Å². The summed E-state index contributed by atoms with van der Waals surface area (Å²) in [7, 11) is 0.583. The molecule has 0 aromatic heterocycles. The van der Waals surface area contributed by atoms with Gasteiger partial charge in [-0.3, -0.25) is 0 Å². The molecule has 0 heterocycles. The minimum atomic E-state index is -2.67. The number of methoxy groups -OCH3 is 1. The van der Waals surface area contributed by atoms with Crippen molar-refractivity contribution in [3.05, 3.63) is 36.4 Å². The van der Waals surface area contributed by atoms with Crippen molar-refractivity contribution in [2.45, 2.75) is 13.8 Å². The molecule has 0 radical (unpaired) electrons. The lowest BCUT2D eigenvalue weighted by molar-refractivity contribution is 0.277. The number of ether oxygens (including phenoxy) is 1. The van der Waals surface area contributed by atoms with Crippen LogP contribution in [0, 0.1) is 0 Å². The van der Waals surface area contributed by atoms with Crippen molar-refractivity contribution < 1.29 is 13.2 Å². The molecule has 0 aliphatic rings. The first-order valence-electron chi connectivity index (χ1n) is 4.97. The predicted molar refractivity (Wildman–Crippen MR) is 71.5 cm³/mol. The van der Waals surface area contributed by atoms with Crippen LogP contribution in [0.15, 0.2) is 36.4 Å². The number of hydrogen-bond donors (Lipinski definition) is 0. The zero-order valence-electron chi connectivity index (χ0n) is 11.1. The molecule has 1 rings (SSSR count). The van der Waals surface area contributed by atoms with Crippen molar-refractivity contribution in [3.63, 3.8) is 0 Å². The maximum Gasteiger partial charge on any atom is 0.144 e. The van der Waals surface area contributed by atoms with Crippen LogP contribution in [-0.4, -0.2) is 35.1 Å². The van der Waals surface area contributed by atoms with Crippen molar-refractivity contribution in [3.8, 4) is 0 Å². The molecule has 3 nitrogen and oxygen atoms in total. The highest BCUT2D eigenvalue weighted by Crippen LogP contribution is 1.79. The van der Waals surface area contributed by atoms with Gasteiger partial charge in [-0.2, -0.15) is 0 Å². The maximum atomic E-state index is 9.63. The Morgan fingerprint density at radius 3 is 0.875 bits per heavy atom. The van der Waals surface area contributed by atoms with E-state index in [1.165, 1.54) is 0 Å². The molecule has 4 heteroatoms. The van der Waals surface area contributed by atoms with Crippen LogP contribution in [0.1, 0.15) is 13.8 Å². The van der Waals surface area contributed by atoms with Crippen molar-refractivity contribution in [1.29, 1.82) is 0 Å². The van der Waals surface area contributed by atoms with Gasteiger partial charge in [-0.1, -0.05) is 50.2 Å². The number of hydrogen-bond acceptors (Lipinski definition) is 3. The fraction of sp³-hybridized carbons (Fsp3) is 0.500. The van der Waals surface area contributed by atoms with Crippen LogP contribution < -0.4 is 0 Å². The van der Waals surface area contributed by atoms with E-state index < -0.39 is 9.84 Å². The van der Waals surface area contributed by atoms with E-state index in [4.69, 9.17) is 0 Å². The van der Waals surface area contributed by atoms with Gasteiger partial charge in [-0.15, -0.1) is 0 Å². The van der Waals surface area contributed by atoms with Crippen LogP contribution in [0.2, 0.25) is 0 Å². The van der Waals surface area contributed by atoms with Gasteiger partial charge in [0.2, 0.25) is 0 Å². The Morgan fingerprint density at radius 2 is 0.812 bits per heavy atom. The normalized spacial score (nSPS) is 8.12. The minimum Gasteiger partial charge on any atom is -0.388 e. The van der Waals surface area contributed by atoms with E-state index in [0.717, 1.165) is 12.5 Å². The first-order chi connectivity index (χ1) is 7.41. The molecule has 0 aliphatic carbocycles. The van der Waals surface area contributed by atoms with Gasteiger partial charge < -0.3 is 4.74 Å². The van der Waals surface area contributed by atoms with Crippen LogP contribution in [0.3, 0.4) is 0 Å². The topological polar surface area (TPSA) is 43.4 Å². The smallest absolute Gasteiger partial charge is 0.144 e. The summed E-state index contributed by atoms with van der Waals surface area (Å²) >= 11 is 0. The monoisotopic (exact) mass is 248 g/mol. The second kappa shape index (κ2) is 16.6. The van der Waals surface area contributed by atoms with Gasteiger partial charge in [-0.25, -0.2) is 8.42 Å². The molecule has 0 aliphatic heterocycles. The largest absolute Gasteiger partial charge is 0.388 e. The average molecular weight is 248 g/mol. The molecule has 16 heavy (non-hydrogen) atoms. The number of rotatable bonds is 0. The highest BCUT2D eigenvalue weighted by Gasteiger charge is 1.79. The molecule has 0 amide bonds. The molecule has 1 aromatic rings. The Labute approximate surface area is 100 Å². The van der Waals surface area contributed by atoms with Gasteiger partial charge >= 0.3 is 0 Å². The van der Waals surface area contributed by atoms with Gasteiger partial charge in [0.25, 0.3) is 0 Å². The first-order valence-corrected chi connectivity index (χ1v) is 7.27. The Bertz CT molecular complexity index is 246. The lowest BCUT2D eigenvalue weighted by atomic mass is 10.4. The molecule has 96 valence electrons. The summed E-state index contributed by atoms with van der Waals surface area (Å²) in [6, 6.07) is 12.0. The third-order valence-electron chi connectivity index (χ3n) is 0.667. The summed E-state index contributed by atoms with van der Waals surface area (Å²) in [5.74, 6) is 0. The number of sulfone groups is 1. The predicted octanol–water partition coefficient (Wildman–Crippen LogP) is 2.64. The van der Waals surface area contributed by atoms with Crippen LogP contribution in [0.4, 0.5) is 0 Å². The highest BCUT2D eigenvalue weighted by atomic mass is 32.2. The van der Waals surface area contributed by atoms with Crippen molar-refractivity contribution in [2.24, 2.45) is 0 Å². The third-order valence-corrected chi connectivity index (χ3v) is 0.667.